The van der Waals surface area contributed by atoms with Gasteiger partial charge in [0.15, 0.2) is 17.1 Å². The van der Waals surface area contributed by atoms with Crippen molar-refractivity contribution in [3.05, 3.63) is 76.6 Å². The van der Waals surface area contributed by atoms with Crippen molar-refractivity contribution in [3.63, 3.8) is 0 Å². The highest BCUT2D eigenvalue weighted by atomic mass is 35.5. The number of hydrogen-bond acceptors (Lipinski definition) is 5. The number of rotatable bonds is 9. The molecule has 1 aromatic heterocycles. The van der Waals surface area contributed by atoms with E-state index < -0.39 is 0 Å². The summed E-state index contributed by atoms with van der Waals surface area (Å²) in [4.78, 5) is 12.5. The summed E-state index contributed by atoms with van der Waals surface area (Å²) in [7, 11) is 0. The monoisotopic (exact) mass is 470 g/mol. The van der Waals surface area contributed by atoms with Crippen LogP contribution in [0.2, 0.25) is 5.02 Å². The second-order valence-electron chi connectivity index (χ2n) is 7.49. The SMILES string of the molecule is C=CCn1c(SCC(=O)Nc2cccc(C)c2C)nnc1C(C)Oc1ccc(Cl)cc1C. The van der Waals surface area contributed by atoms with Crippen LogP contribution in [0.4, 0.5) is 5.69 Å². The molecule has 0 fully saturated rings. The number of allylic oxidation sites excluding steroid dienone is 1. The molecular formula is C24H27ClN4O2S. The quantitative estimate of drug-likeness (QED) is 0.311. The minimum absolute atomic E-state index is 0.0977. The van der Waals surface area contributed by atoms with Crippen LogP contribution in [-0.2, 0) is 11.3 Å². The summed E-state index contributed by atoms with van der Waals surface area (Å²) in [5.74, 6) is 1.52. The maximum Gasteiger partial charge on any atom is 0.234 e. The van der Waals surface area contributed by atoms with Crippen molar-refractivity contribution in [3.8, 4) is 5.75 Å². The number of aryl methyl sites for hydroxylation is 2. The molecule has 3 aromatic rings. The van der Waals surface area contributed by atoms with E-state index in [0.29, 0.717) is 22.5 Å². The number of hydrogen-bond donors (Lipinski definition) is 1. The van der Waals surface area contributed by atoms with Gasteiger partial charge in [0.2, 0.25) is 5.91 Å². The van der Waals surface area contributed by atoms with Gasteiger partial charge < -0.3 is 10.1 Å². The van der Waals surface area contributed by atoms with Gasteiger partial charge in [-0.2, -0.15) is 0 Å². The van der Waals surface area contributed by atoms with E-state index >= 15 is 0 Å². The minimum atomic E-state index is -0.347. The van der Waals surface area contributed by atoms with Crippen molar-refractivity contribution in [2.75, 3.05) is 11.1 Å². The van der Waals surface area contributed by atoms with E-state index in [-0.39, 0.29) is 17.8 Å². The molecule has 1 heterocycles. The number of halogens is 1. The highest BCUT2D eigenvalue weighted by Crippen LogP contribution is 2.28. The van der Waals surface area contributed by atoms with Crippen LogP contribution in [0, 0.1) is 20.8 Å². The lowest BCUT2D eigenvalue weighted by atomic mass is 10.1. The van der Waals surface area contributed by atoms with E-state index in [4.69, 9.17) is 16.3 Å². The van der Waals surface area contributed by atoms with Crippen molar-refractivity contribution >= 4 is 35.0 Å². The van der Waals surface area contributed by atoms with Gasteiger partial charge in [-0.05, 0) is 68.7 Å². The van der Waals surface area contributed by atoms with Crippen LogP contribution in [0.3, 0.4) is 0 Å². The summed E-state index contributed by atoms with van der Waals surface area (Å²) in [6.07, 6.45) is 1.42. The molecule has 1 atom stereocenters. The van der Waals surface area contributed by atoms with Crippen LogP contribution in [0.5, 0.6) is 5.75 Å². The third-order valence-corrected chi connectivity index (χ3v) is 6.27. The lowest BCUT2D eigenvalue weighted by Gasteiger charge is -2.17. The molecule has 0 saturated heterocycles. The second kappa shape index (κ2) is 10.7. The standard InChI is InChI=1S/C24H27ClN4O2S/c1-6-12-29-23(18(5)31-21-11-10-19(25)13-16(21)3)27-28-24(29)32-14-22(30)26-20-9-7-8-15(2)17(20)4/h6-11,13,18H,1,12,14H2,2-5H3,(H,26,30). The molecule has 1 unspecified atom stereocenters. The number of carbonyl (C=O) groups excluding carboxylic acids is 1. The van der Waals surface area contributed by atoms with Crippen molar-refractivity contribution < 1.29 is 9.53 Å². The van der Waals surface area contributed by atoms with Crippen LogP contribution >= 0.6 is 23.4 Å². The fourth-order valence-corrected chi connectivity index (χ4v) is 4.18. The lowest BCUT2D eigenvalue weighted by molar-refractivity contribution is -0.113. The smallest absolute Gasteiger partial charge is 0.234 e. The van der Waals surface area contributed by atoms with E-state index in [1.807, 2.05) is 62.6 Å². The first-order chi connectivity index (χ1) is 15.3. The van der Waals surface area contributed by atoms with Crippen LogP contribution in [0.1, 0.15) is 35.5 Å². The van der Waals surface area contributed by atoms with Gasteiger partial charge in [0.05, 0.1) is 5.75 Å². The van der Waals surface area contributed by atoms with Crippen molar-refractivity contribution in [2.45, 2.75) is 45.5 Å². The van der Waals surface area contributed by atoms with Crippen LogP contribution < -0.4 is 10.1 Å². The predicted octanol–water partition coefficient (Wildman–Crippen LogP) is 5.91. The molecule has 0 saturated carbocycles. The summed E-state index contributed by atoms with van der Waals surface area (Å²) >= 11 is 7.37. The molecule has 0 aliphatic rings. The lowest BCUT2D eigenvalue weighted by Crippen LogP contribution is -2.16. The van der Waals surface area contributed by atoms with E-state index in [1.165, 1.54) is 11.8 Å². The summed E-state index contributed by atoms with van der Waals surface area (Å²) < 4.78 is 8.03. The van der Waals surface area contributed by atoms with Crippen LogP contribution in [0.25, 0.3) is 0 Å². The number of amides is 1. The molecule has 6 nitrogen and oxygen atoms in total. The molecule has 0 aliphatic carbocycles. The molecule has 3 rings (SSSR count). The van der Waals surface area contributed by atoms with E-state index in [2.05, 4.69) is 22.1 Å². The first kappa shape index (κ1) is 23.9. The molecular weight excluding hydrogens is 444 g/mol. The zero-order valence-corrected chi connectivity index (χ0v) is 20.3. The summed E-state index contributed by atoms with van der Waals surface area (Å²) in [6, 6.07) is 11.3. The number of aromatic nitrogens is 3. The largest absolute Gasteiger partial charge is 0.482 e. The molecule has 0 spiro atoms. The molecule has 32 heavy (non-hydrogen) atoms. The highest BCUT2D eigenvalue weighted by molar-refractivity contribution is 7.99. The first-order valence-corrected chi connectivity index (χ1v) is 11.6. The zero-order valence-electron chi connectivity index (χ0n) is 18.7. The number of anilines is 1. The van der Waals surface area contributed by atoms with E-state index in [0.717, 1.165) is 28.1 Å². The number of benzene rings is 2. The second-order valence-corrected chi connectivity index (χ2v) is 8.87. The maximum absolute atomic E-state index is 12.5. The molecule has 2 aromatic carbocycles. The number of carbonyl (C=O) groups is 1. The first-order valence-electron chi connectivity index (χ1n) is 10.3. The van der Waals surface area contributed by atoms with Crippen molar-refractivity contribution in [2.24, 2.45) is 0 Å². The van der Waals surface area contributed by atoms with Gasteiger partial charge in [-0.25, -0.2) is 0 Å². The molecule has 168 valence electrons. The molecule has 1 amide bonds. The summed E-state index contributed by atoms with van der Waals surface area (Å²) in [5.41, 5.74) is 3.96. The Morgan fingerprint density at radius 1 is 1.25 bits per heavy atom. The Morgan fingerprint density at radius 3 is 2.75 bits per heavy atom. The van der Waals surface area contributed by atoms with Crippen LogP contribution in [-0.4, -0.2) is 26.4 Å². The maximum atomic E-state index is 12.5. The topological polar surface area (TPSA) is 69.0 Å². The van der Waals surface area contributed by atoms with Gasteiger partial charge >= 0.3 is 0 Å². The molecule has 0 aliphatic heterocycles. The molecule has 1 N–H and O–H groups in total. The third kappa shape index (κ3) is 5.72. The van der Waals surface area contributed by atoms with E-state index in [9.17, 15) is 4.79 Å². The Morgan fingerprint density at radius 2 is 2.03 bits per heavy atom. The fraction of sp³-hybridized carbons (Fsp3) is 0.292. The predicted molar refractivity (Wildman–Crippen MR) is 131 cm³/mol. The average Bonchev–Trinajstić information content (AvgIpc) is 3.15. The molecule has 0 radical (unpaired) electrons. The van der Waals surface area contributed by atoms with Gasteiger partial charge in [0.1, 0.15) is 5.75 Å². The van der Waals surface area contributed by atoms with Crippen molar-refractivity contribution in [1.82, 2.24) is 14.8 Å². The van der Waals surface area contributed by atoms with Gasteiger partial charge in [-0.1, -0.05) is 41.6 Å². The Balaban J connectivity index is 1.70. The number of nitrogens with one attached hydrogen (secondary N) is 1. The number of thioether (sulfide) groups is 1. The Bertz CT molecular complexity index is 1130. The van der Waals surface area contributed by atoms with E-state index in [1.54, 1.807) is 12.1 Å². The van der Waals surface area contributed by atoms with Gasteiger partial charge in [0, 0.05) is 17.3 Å². The number of ether oxygens (including phenoxy) is 1. The summed E-state index contributed by atoms with van der Waals surface area (Å²) in [5, 5.41) is 12.9. The fourth-order valence-electron chi connectivity index (χ4n) is 3.20. The van der Waals surface area contributed by atoms with Gasteiger partial charge in [-0.3, -0.25) is 9.36 Å². The van der Waals surface area contributed by atoms with Crippen molar-refractivity contribution in [1.29, 1.82) is 0 Å². The summed E-state index contributed by atoms with van der Waals surface area (Å²) in [6.45, 7) is 12.2. The number of nitrogens with zero attached hydrogens (tertiary/aromatic N) is 3. The Kier molecular flexibility index (Phi) is 7.99. The highest BCUT2D eigenvalue weighted by Gasteiger charge is 2.20. The Hall–Kier alpha value is -2.77. The third-order valence-electron chi connectivity index (χ3n) is 5.07. The van der Waals surface area contributed by atoms with Gasteiger partial charge in [0.25, 0.3) is 0 Å². The van der Waals surface area contributed by atoms with Gasteiger partial charge in [-0.15, -0.1) is 16.8 Å². The Labute approximate surface area is 198 Å². The average molecular weight is 471 g/mol. The molecule has 8 heteroatoms. The normalized spacial score (nSPS) is 11.8. The minimum Gasteiger partial charge on any atom is -0.482 e. The molecule has 0 bridgehead atoms. The van der Waals surface area contributed by atoms with Crippen LogP contribution in [0.15, 0.2) is 54.2 Å². The zero-order chi connectivity index (χ0) is 23.3.